The van der Waals surface area contributed by atoms with E-state index in [4.69, 9.17) is 32.4 Å². The molecular formula is C63H97N15O19. The number of hydrogen-bond donors (Lipinski definition) is 18. The van der Waals surface area contributed by atoms with Crippen LogP contribution in [0.4, 0.5) is 0 Å². The van der Waals surface area contributed by atoms with Crippen LogP contribution in [0, 0.1) is 23.7 Å². The number of nitrogens with zero attached hydrogens (tertiary/aromatic N) is 1. The number of rotatable bonds is 25. The summed E-state index contributed by atoms with van der Waals surface area (Å²) in [4.78, 5) is 188. The number of guanidine groups is 1. The topological polar surface area (TPSA) is 558 Å². The number of hydrogen-bond acceptors (Lipinski definition) is 21. The van der Waals surface area contributed by atoms with Gasteiger partial charge in [-0.25, -0.2) is 4.79 Å². The van der Waals surface area contributed by atoms with Crippen LogP contribution in [-0.2, 0) is 78.4 Å². The summed E-state index contributed by atoms with van der Waals surface area (Å²) in [7, 11) is 0. The molecule has 1 fully saturated rings. The maximum atomic E-state index is 15.5. The lowest BCUT2D eigenvalue weighted by Crippen LogP contribution is -2.64. The van der Waals surface area contributed by atoms with E-state index in [1.165, 1.54) is 44.2 Å². The predicted octanol–water partition coefficient (Wildman–Crippen LogP) is -5.35. The van der Waals surface area contributed by atoms with Gasteiger partial charge < -0.3 is 106 Å². The first-order chi connectivity index (χ1) is 45.6. The summed E-state index contributed by atoms with van der Waals surface area (Å²) in [6.07, 6.45) is -9.29. The molecule has 3 rings (SSSR count). The minimum atomic E-state index is -2.60. The van der Waals surface area contributed by atoms with Crippen LogP contribution in [0.25, 0.3) is 0 Å². The average molecular weight is 1370 g/mol. The molecule has 0 aromatic heterocycles. The fourth-order valence-corrected chi connectivity index (χ4v) is 9.70. The van der Waals surface area contributed by atoms with E-state index in [1.807, 2.05) is 10.6 Å². The van der Waals surface area contributed by atoms with Crippen molar-refractivity contribution in [2.75, 3.05) is 19.7 Å². The average Bonchev–Trinajstić information content (AvgIpc) is 0.851. The molecule has 15 atom stereocenters. The van der Waals surface area contributed by atoms with Gasteiger partial charge in [0.1, 0.15) is 54.9 Å². The van der Waals surface area contributed by atoms with Crippen LogP contribution in [-0.4, -0.2) is 202 Å². The number of carbonyl (C=O) groups is 13. The van der Waals surface area contributed by atoms with Gasteiger partial charge in [0.15, 0.2) is 24.2 Å². The highest BCUT2D eigenvalue weighted by molar-refractivity contribution is 6.00. The monoisotopic (exact) mass is 1370 g/mol. The first-order valence-corrected chi connectivity index (χ1v) is 31.8. The van der Waals surface area contributed by atoms with Crippen molar-refractivity contribution in [1.29, 1.82) is 0 Å². The molecule has 2 unspecified atom stereocenters. The van der Waals surface area contributed by atoms with Crippen molar-refractivity contribution in [2.24, 2.45) is 51.6 Å². The van der Waals surface area contributed by atoms with Gasteiger partial charge in [-0.2, -0.15) is 0 Å². The fourth-order valence-electron chi connectivity index (χ4n) is 9.70. The standard InChI is InChI=1S/C63H97N15O19/c1-10-33(8)44-58(91)76-45(34(9)80)57(90)69-27-42(81)74-47(50(84)52(65)85)60(93)73-41(28-79)62(95)97-51(36-20-15-12-16-21-36)48(78-56(89)40(25-31(4)5)71-53(86)37(64)26-43(82)96-29-35-18-13-11-14-19-35)61(94)77-46(49(83)32(6)7)59(92)72-39(24-30(2)3)55(88)70-38(54(87)75-44)22-17-23-68-63(66)67/h11-16,18-21,30-34,37-41,44-51,79-80,83-84H,10,17,22-29,64H2,1-9H3,(H2,65,85)(H,69,90)(H,70,88)(H,71,86)(H,72,92)(H,73,93)(H,74,81)(H,75,87)(H,76,91)(H,77,94)(H,78,89)(H4,66,67,68)/t33-,34-,37+,38+,39-,40-,41-,44?,45?,46-,47-,48-,49+,50-,51+/m0/s1. The molecule has 97 heavy (non-hydrogen) atoms. The van der Waals surface area contributed by atoms with Gasteiger partial charge in [-0.15, -0.1) is 0 Å². The van der Waals surface area contributed by atoms with Crippen molar-refractivity contribution in [3.8, 4) is 0 Å². The Balaban J connectivity index is 2.38. The number of amides is 11. The zero-order valence-corrected chi connectivity index (χ0v) is 55.9. The lowest BCUT2D eigenvalue weighted by atomic mass is 9.95. The predicted molar refractivity (Wildman–Crippen MR) is 348 cm³/mol. The molecule has 22 N–H and O–H groups in total. The number of nitrogens with one attached hydrogen (secondary N) is 10. The van der Waals surface area contributed by atoms with Crippen LogP contribution < -0.4 is 76.1 Å². The fraction of sp³-hybridized carbons (Fsp3) is 0.587. The van der Waals surface area contributed by atoms with Crippen molar-refractivity contribution in [1.82, 2.24) is 53.2 Å². The third-order valence-corrected chi connectivity index (χ3v) is 15.4. The molecule has 1 aliphatic rings. The molecule has 538 valence electrons. The maximum Gasteiger partial charge on any atom is 0.331 e. The van der Waals surface area contributed by atoms with E-state index in [-0.39, 0.29) is 56.8 Å². The van der Waals surface area contributed by atoms with E-state index in [9.17, 15) is 78.0 Å². The highest BCUT2D eigenvalue weighted by atomic mass is 16.5. The lowest BCUT2D eigenvalue weighted by molar-refractivity contribution is -0.159. The summed E-state index contributed by atoms with van der Waals surface area (Å²) in [5.74, 6) is -18.9. The number of primary amides is 1. The van der Waals surface area contributed by atoms with Gasteiger partial charge in [-0.3, -0.25) is 62.5 Å². The van der Waals surface area contributed by atoms with Gasteiger partial charge in [-0.1, -0.05) is 122 Å². The van der Waals surface area contributed by atoms with Gasteiger partial charge in [0.05, 0.1) is 37.8 Å². The lowest BCUT2D eigenvalue weighted by Gasteiger charge is -2.33. The quantitative estimate of drug-likeness (QED) is 0.0191. The number of aliphatic imine (C=N–C) groups is 1. The van der Waals surface area contributed by atoms with E-state index in [0.29, 0.717) is 5.56 Å². The molecule has 1 heterocycles. The molecule has 34 nitrogen and oxygen atoms in total. The number of benzene rings is 2. The Morgan fingerprint density at radius 3 is 1.77 bits per heavy atom. The Hall–Kier alpha value is -9.38. The van der Waals surface area contributed by atoms with E-state index in [2.05, 4.69) is 47.5 Å². The second-order valence-corrected chi connectivity index (χ2v) is 24.8. The highest BCUT2D eigenvalue weighted by Crippen LogP contribution is 2.25. The van der Waals surface area contributed by atoms with Crippen LogP contribution in [0.2, 0.25) is 0 Å². The van der Waals surface area contributed by atoms with Crippen LogP contribution in [0.15, 0.2) is 65.7 Å². The number of nitrogens with two attached hydrogens (primary N) is 4. The summed E-state index contributed by atoms with van der Waals surface area (Å²) in [5, 5.41) is 67.9. The van der Waals surface area contributed by atoms with Gasteiger partial charge in [0, 0.05) is 6.54 Å². The van der Waals surface area contributed by atoms with Crippen molar-refractivity contribution in [3.05, 3.63) is 71.8 Å². The summed E-state index contributed by atoms with van der Waals surface area (Å²) in [6, 6.07) is -3.34. The number of aliphatic hydroxyl groups is 4. The van der Waals surface area contributed by atoms with Gasteiger partial charge in [0.2, 0.25) is 65.0 Å². The molecule has 1 saturated heterocycles. The molecule has 0 aliphatic carbocycles. The molecule has 0 bridgehead atoms. The Labute approximate surface area is 561 Å². The summed E-state index contributed by atoms with van der Waals surface area (Å²) in [5.41, 5.74) is 23.1. The molecule has 1 aliphatic heterocycles. The highest BCUT2D eigenvalue weighted by Gasteiger charge is 2.44. The third-order valence-electron chi connectivity index (χ3n) is 15.4. The zero-order valence-electron chi connectivity index (χ0n) is 55.9. The number of cyclic esters (lactones) is 1. The summed E-state index contributed by atoms with van der Waals surface area (Å²) in [6.45, 7) is 11.2. The maximum absolute atomic E-state index is 15.5. The number of carbonyl (C=O) groups excluding carboxylic acids is 13. The van der Waals surface area contributed by atoms with Crippen molar-refractivity contribution in [3.63, 3.8) is 0 Å². The second-order valence-electron chi connectivity index (χ2n) is 24.8. The van der Waals surface area contributed by atoms with Crippen LogP contribution in [0.1, 0.15) is 118 Å². The Morgan fingerprint density at radius 2 is 1.22 bits per heavy atom. The van der Waals surface area contributed by atoms with Crippen LogP contribution in [0.5, 0.6) is 0 Å². The number of esters is 2. The molecule has 34 heteroatoms. The van der Waals surface area contributed by atoms with E-state index in [0.717, 1.165) is 6.92 Å². The van der Waals surface area contributed by atoms with Gasteiger partial charge in [-0.05, 0) is 67.4 Å². The second kappa shape index (κ2) is 40.2. The Bertz CT molecular complexity index is 3050. The Kier molecular flexibility index (Phi) is 34.0. The van der Waals surface area contributed by atoms with Gasteiger partial charge in [0.25, 0.3) is 0 Å². The molecule has 11 amide bonds. The molecular weight excluding hydrogens is 1270 g/mol. The number of ether oxygens (including phenoxy) is 2. The smallest absolute Gasteiger partial charge is 0.331 e. The van der Waals surface area contributed by atoms with E-state index >= 15 is 4.79 Å². The van der Waals surface area contributed by atoms with E-state index < -0.39 is 205 Å². The van der Waals surface area contributed by atoms with Crippen molar-refractivity contribution >= 4 is 82.9 Å². The summed E-state index contributed by atoms with van der Waals surface area (Å²) < 4.78 is 11.2. The van der Waals surface area contributed by atoms with Crippen molar-refractivity contribution in [2.45, 2.75) is 192 Å². The van der Waals surface area contributed by atoms with Crippen LogP contribution in [0.3, 0.4) is 0 Å². The largest absolute Gasteiger partial charge is 0.461 e. The van der Waals surface area contributed by atoms with Gasteiger partial charge >= 0.3 is 11.9 Å². The van der Waals surface area contributed by atoms with Crippen molar-refractivity contribution < 1.29 is 92.2 Å². The molecule has 0 saturated carbocycles. The minimum Gasteiger partial charge on any atom is -0.461 e. The normalized spacial score (nSPS) is 23.6. The SMILES string of the molecule is CC[C@H](C)C1NC(=O)[C@@H](CCCN=C(N)N)NC(=O)[C@H](CC(C)C)NC(=O)[C@H]([C@H](O)C(C)C)NC(=O)[C@@H](NC(=O)[C@H](CC(C)C)NC(=O)[C@H](N)CC(=O)OCc2ccccc2)[C@@H](c2ccccc2)OC(=O)[C@H](CO)NC(=O)[C@H]([C@H](O)C(N)=O)NC(=O)CNC(=O)C([C@H](C)O)NC1=O. The molecule has 0 radical (unpaired) electrons. The minimum absolute atomic E-state index is 0.0267. The first-order valence-electron chi connectivity index (χ1n) is 31.8. The third kappa shape index (κ3) is 27.0. The molecule has 0 spiro atoms. The first kappa shape index (κ1) is 81.9. The van der Waals surface area contributed by atoms with E-state index in [1.54, 1.807) is 71.9 Å². The molecule has 2 aromatic carbocycles. The summed E-state index contributed by atoms with van der Waals surface area (Å²) >= 11 is 0. The number of aliphatic hydroxyl groups excluding tert-OH is 4. The van der Waals surface area contributed by atoms with Crippen LogP contribution >= 0.6 is 0 Å². The zero-order chi connectivity index (χ0) is 73.0. The Morgan fingerprint density at radius 1 is 0.660 bits per heavy atom. The molecule has 2 aromatic rings.